The fourth-order valence-electron chi connectivity index (χ4n) is 2.98. The van der Waals surface area contributed by atoms with E-state index in [9.17, 15) is 0 Å². The number of nitrogens with one attached hydrogen (secondary N) is 1. The summed E-state index contributed by atoms with van der Waals surface area (Å²) >= 11 is 30.3. The smallest absolute Gasteiger partial charge is 0.232 e. The third-order valence-corrected chi connectivity index (χ3v) is 5.68. The average molecular weight is 469 g/mol. The molecule has 0 atom stereocenters. The fourth-order valence-corrected chi connectivity index (χ4v) is 3.57. The first kappa shape index (κ1) is 21.2. The fraction of sp³-hybridized carbons (Fsp3) is 0.444. The number of nitrogens with zero attached hydrogens (tertiary/aromatic N) is 3. The third kappa shape index (κ3) is 5.99. The van der Waals surface area contributed by atoms with Crippen molar-refractivity contribution in [2.75, 3.05) is 31.5 Å². The minimum absolute atomic E-state index is 0.297. The Balaban J connectivity index is 1.76. The molecule has 3 rings (SSSR count). The van der Waals surface area contributed by atoms with Gasteiger partial charge < -0.3 is 10.2 Å². The highest BCUT2D eigenvalue weighted by Crippen LogP contribution is 2.39. The van der Waals surface area contributed by atoms with Gasteiger partial charge in [-0.3, -0.25) is 0 Å². The summed E-state index contributed by atoms with van der Waals surface area (Å²) in [4.78, 5) is 11.4. The Kier molecular flexibility index (Phi) is 7.34. The Morgan fingerprint density at radius 3 is 2.41 bits per heavy atom. The normalized spacial score (nSPS) is 15.3. The summed E-state index contributed by atoms with van der Waals surface area (Å²) in [6.45, 7) is 4.15. The van der Waals surface area contributed by atoms with Crippen LogP contribution in [0.2, 0.25) is 10.0 Å². The number of hydrogen-bond donors (Lipinski definition) is 1. The summed E-state index contributed by atoms with van der Waals surface area (Å²) in [5, 5.41) is 4.14. The van der Waals surface area contributed by atoms with Crippen LogP contribution in [0.15, 0.2) is 24.3 Å². The van der Waals surface area contributed by atoms with Crippen molar-refractivity contribution in [1.29, 1.82) is 0 Å². The van der Waals surface area contributed by atoms with E-state index in [0.29, 0.717) is 27.4 Å². The monoisotopic (exact) mass is 466 g/mol. The molecule has 4 nitrogen and oxygen atoms in total. The van der Waals surface area contributed by atoms with Gasteiger partial charge in [-0.2, -0.15) is 0 Å². The van der Waals surface area contributed by atoms with Gasteiger partial charge in [-0.15, -0.1) is 0 Å². The molecule has 0 saturated carbocycles. The van der Waals surface area contributed by atoms with Crippen molar-refractivity contribution < 1.29 is 0 Å². The summed E-state index contributed by atoms with van der Waals surface area (Å²) < 4.78 is -1.65. The quantitative estimate of drug-likeness (QED) is 0.406. The van der Waals surface area contributed by atoms with Gasteiger partial charge in [0.1, 0.15) is 0 Å². The molecular weight excluding hydrogens is 449 g/mol. The molecule has 1 saturated heterocycles. The Morgan fingerprint density at radius 1 is 1.00 bits per heavy atom. The van der Waals surface area contributed by atoms with E-state index in [1.165, 1.54) is 25.9 Å². The first-order valence-electron chi connectivity index (χ1n) is 8.71. The summed E-state index contributed by atoms with van der Waals surface area (Å²) in [5.41, 5.74) is 1.67. The van der Waals surface area contributed by atoms with E-state index < -0.39 is 3.79 Å². The van der Waals surface area contributed by atoms with Crippen LogP contribution in [0.1, 0.15) is 25.0 Å². The standard InChI is InChI=1S/C18H19Cl5N4/c19-13-5-4-12(10-14(13)20)15-11-16(18(21,22)23)26-17(25-15)24-6-3-9-27-7-1-2-8-27/h4-5,10-11H,1-3,6-9H2,(H,24,25,26). The minimum atomic E-state index is -1.65. The second kappa shape index (κ2) is 9.34. The van der Waals surface area contributed by atoms with Crippen molar-refractivity contribution in [3.05, 3.63) is 40.0 Å². The molecule has 0 bridgehead atoms. The second-order valence-electron chi connectivity index (χ2n) is 6.42. The largest absolute Gasteiger partial charge is 0.354 e. The molecule has 1 aromatic heterocycles. The van der Waals surface area contributed by atoms with Crippen molar-refractivity contribution >= 4 is 64.0 Å². The predicted octanol–water partition coefficient (Wildman–Crippen LogP) is 6.17. The highest BCUT2D eigenvalue weighted by molar-refractivity contribution is 6.66. The van der Waals surface area contributed by atoms with Gasteiger partial charge in [-0.25, -0.2) is 9.97 Å². The van der Waals surface area contributed by atoms with Crippen molar-refractivity contribution in [1.82, 2.24) is 14.9 Å². The summed E-state index contributed by atoms with van der Waals surface area (Å²) in [5.74, 6) is 0.418. The molecule has 1 aromatic carbocycles. The number of alkyl halides is 3. The zero-order valence-corrected chi connectivity index (χ0v) is 18.3. The SMILES string of the molecule is Clc1ccc(-c2cc(C(Cl)(Cl)Cl)nc(NCCCN3CCCC3)n2)cc1Cl. The predicted molar refractivity (Wildman–Crippen MR) is 116 cm³/mol. The van der Waals surface area contributed by atoms with Gasteiger partial charge in [0.25, 0.3) is 0 Å². The molecule has 146 valence electrons. The summed E-state index contributed by atoms with van der Waals surface area (Å²) in [6, 6.07) is 6.89. The Bertz CT molecular complexity index is 788. The van der Waals surface area contributed by atoms with E-state index in [4.69, 9.17) is 58.0 Å². The van der Waals surface area contributed by atoms with Crippen LogP contribution >= 0.6 is 58.0 Å². The first-order chi connectivity index (χ1) is 12.8. The van der Waals surface area contributed by atoms with Gasteiger partial charge in [0.2, 0.25) is 9.74 Å². The summed E-state index contributed by atoms with van der Waals surface area (Å²) in [6.07, 6.45) is 3.56. The topological polar surface area (TPSA) is 41.1 Å². The third-order valence-electron chi connectivity index (χ3n) is 4.36. The molecule has 0 radical (unpaired) electrons. The Hall–Kier alpha value is -0.490. The minimum Gasteiger partial charge on any atom is -0.354 e. The summed E-state index contributed by atoms with van der Waals surface area (Å²) in [7, 11) is 0. The van der Waals surface area contributed by atoms with Crippen LogP contribution in [0.3, 0.4) is 0 Å². The number of likely N-dealkylation sites (tertiary alicyclic amines) is 1. The van der Waals surface area contributed by atoms with E-state index in [1.807, 2.05) is 6.07 Å². The van der Waals surface area contributed by atoms with Gasteiger partial charge in [-0.1, -0.05) is 64.1 Å². The van der Waals surface area contributed by atoms with Gasteiger partial charge in [0.15, 0.2) is 0 Å². The van der Waals surface area contributed by atoms with E-state index in [2.05, 4.69) is 20.2 Å². The van der Waals surface area contributed by atoms with Crippen LogP contribution < -0.4 is 5.32 Å². The lowest BCUT2D eigenvalue weighted by atomic mass is 10.1. The number of benzene rings is 1. The van der Waals surface area contributed by atoms with Gasteiger partial charge in [-0.05, 0) is 57.1 Å². The van der Waals surface area contributed by atoms with E-state index in [-0.39, 0.29) is 0 Å². The van der Waals surface area contributed by atoms with Crippen LogP contribution in [-0.4, -0.2) is 41.0 Å². The van der Waals surface area contributed by atoms with Gasteiger partial charge >= 0.3 is 0 Å². The maximum Gasteiger partial charge on any atom is 0.232 e. The van der Waals surface area contributed by atoms with Crippen molar-refractivity contribution in [3.63, 3.8) is 0 Å². The molecule has 1 aliphatic rings. The molecule has 0 unspecified atom stereocenters. The first-order valence-corrected chi connectivity index (χ1v) is 10.6. The van der Waals surface area contributed by atoms with Crippen LogP contribution in [0, 0.1) is 0 Å². The van der Waals surface area contributed by atoms with E-state index >= 15 is 0 Å². The van der Waals surface area contributed by atoms with Crippen LogP contribution in [0.25, 0.3) is 11.3 Å². The van der Waals surface area contributed by atoms with Crippen LogP contribution in [-0.2, 0) is 3.79 Å². The number of halogens is 5. The van der Waals surface area contributed by atoms with Crippen LogP contribution in [0.4, 0.5) is 5.95 Å². The average Bonchev–Trinajstić information content (AvgIpc) is 3.13. The van der Waals surface area contributed by atoms with E-state index in [0.717, 1.165) is 25.1 Å². The molecule has 2 aromatic rings. The lowest BCUT2D eigenvalue weighted by Gasteiger charge is -2.16. The molecule has 0 aliphatic carbocycles. The maximum atomic E-state index is 6.12. The zero-order chi connectivity index (χ0) is 19.4. The van der Waals surface area contributed by atoms with Crippen LogP contribution in [0.5, 0.6) is 0 Å². The molecule has 2 heterocycles. The number of hydrogen-bond acceptors (Lipinski definition) is 4. The second-order valence-corrected chi connectivity index (χ2v) is 9.51. The van der Waals surface area contributed by atoms with E-state index in [1.54, 1.807) is 18.2 Å². The Morgan fingerprint density at radius 2 is 1.74 bits per heavy atom. The molecule has 9 heteroatoms. The Labute approximate surface area is 184 Å². The highest BCUT2D eigenvalue weighted by Gasteiger charge is 2.26. The number of anilines is 1. The number of rotatable bonds is 6. The zero-order valence-electron chi connectivity index (χ0n) is 14.5. The number of aromatic nitrogens is 2. The molecular formula is C18H19Cl5N4. The van der Waals surface area contributed by atoms with Crippen molar-refractivity contribution in [3.8, 4) is 11.3 Å². The maximum absolute atomic E-state index is 6.12. The molecule has 27 heavy (non-hydrogen) atoms. The lowest BCUT2D eigenvalue weighted by Crippen LogP contribution is -2.22. The molecule has 1 N–H and O–H groups in total. The van der Waals surface area contributed by atoms with Gasteiger partial charge in [0, 0.05) is 12.1 Å². The lowest BCUT2D eigenvalue weighted by molar-refractivity contribution is 0.337. The molecule has 0 amide bonds. The highest BCUT2D eigenvalue weighted by atomic mass is 35.6. The molecule has 1 fully saturated rings. The molecule has 0 spiro atoms. The van der Waals surface area contributed by atoms with Crippen molar-refractivity contribution in [2.45, 2.75) is 23.1 Å². The van der Waals surface area contributed by atoms with Gasteiger partial charge in [0.05, 0.1) is 21.4 Å². The molecule has 1 aliphatic heterocycles. The van der Waals surface area contributed by atoms with Crippen molar-refractivity contribution in [2.24, 2.45) is 0 Å².